The van der Waals surface area contributed by atoms with Gasteiger partial charge in [-0.25, -0.2) is 9.50 Å². The summed E-state index contributed by atoms with van der Waals surface area (Å²) in [5.74, 6) is 0.560. The zero-order chi connectivity index (χ0) is 17.3. The summed E-state index contributed by atoms with van der Waals surface area (Å²) in [5, 5.41) is 4.65. The lowest BCUT2D eigenvalue weighted by Crippen LogP contribution is -2.26. The van der Waals surface area contributed by atoms with Gasteiger partial charge in [-0.1, -0.05) is 42.1 Å². The number of rotatable bonds is 4. The first kappa shape index (κ1) is 16.4. The van der Waals surface area contributed by atoms with Crippen LogP contribution in [0.5, 0.6) is 0 Å². The monoisotopic (exact) mass is 341 g/mol. The van der Waals surface area contributed by atoms with Crippen LogP contribution in [0.4, 0.5) is 0 Å². The Morgan fingerprint density at radius 2 is 1.88 bits per heavy atom. The molecule has 0 spiro atoms. The second-order valence-corrected chi connectivity index (χ2v) is 6.86. The molecule has 0 saturated heterocycles. The summed E-state index contributed by atoms with van der Waals surface area (Å²) < 4.78 is 1.71. The first-order valence-corrected chi connectivity index (χ1v) is 8.47. The van der Waals surface area contributed by atoms with Crippen molar-refractivity contribution in [3.63, 3.8) is 0 Å². The highest BCUT2D eigenvalue weighted by Crippen LogP contribution is 2.34. The third kappa shape index (κ3) is 3.26. The maximum absolute atomic E-state index is 12.6. The molecule has 0 fully saturated rings. The van der Waals surface area contributed by atoms with Crippen molar-refractivity contribution < 1.29 is 4.79 Å². The predicted molar refractivity (Wildman–Crippen MR) is 94.0 cm³/mol. The van der Waals surface area contributed by atoms with Crippen molar-refractivity contribution >= 4 is 23.4 Å². The SMILES string of the molecule is Cc1cc(C)n2nc(S[C@@H](C(=O)N(C)C)c3ccccc3)nc2n1. The number of fused-ring (bicyclic) bond motifs is 1. The van der Waals surface area contributed by atoms with Crippen LogP contribution in [0.25, 0.3) is 5.78 Å². The molecule has 1 aromatic carbocycles. The maximum atomic E-state index is 12.6. The highest BCUT2D eigenvalue weighted by molar-refractivity contribution is 8.00. The Balaban J connectivity index is 1.98. The molecule has 2 aromatic heterocycles. The van der Waals surface area contributed by atoms with Crippen molar-refractivity contribution in [2.45, 2.75) is 24.3 Å². The molecule has 0 aliphatic rings. The van der Waals surface area contributed by atoms with Crippen LogP contribution in [0.15, 0.2) is 41.6 Å². The van der Waals surface area contributed by atoms with Gasteiger partial charge >= 0.3 is 0 Å². The summed E-state index contributed by atoms with van der Waals surface area (Å²) in [4.78, 5) is 23.1. The second kappa shape index (κ2) is 6.60. The molecule has 6 nitrogen and oxygen atoms in total. The Bertz CT molecular complexity index is 875. The molecule has 1 atom stereocenters. The molecule has 0 radical (unpaired) electrons. The standard InChI is InChI=1S/C17H19N5OS/c1-11-10-12(2)22-16(18-11)19-17(20-22)24-14(15(23)21(3)4)13-8-6-5-7-9-13/h5-10,14H,1-4H3/t14-/m1/s1. The van der Waals surface area contributed by atoms with Crippen molar-refractivity contribution in [2.24, 2.45) is 0 Å². The number of aromatic nitrogens is 4. The zero-order valence-corrected chi connectivity index (χ0v) is 14.9. The number of thioether (sulfide) groups is 1. The van der Waals surface area contributed by atoms with Crippen molar-refractivity contribution in [1.29, 1.82) is 0 Å². The Kier molecular flexibility index (Phi) is 4.53. The zero-order valence-electron chi connectivity index (χ0n) is 14.1. The van der Waals surface area contributed by atoms with Gasteiger partial charge in [-0.05, 0) is 25.5 Å². The van der Waals surface area contributed by atoms with Gasteiger partial charge in [-0.2, -0.15) is 4.98 Å². The molecule has 3 rings (SSSR count). The fourth-order valence-electron chi connectivity index (χ4n) is 2.43. The number of hydrogen-bond acceptors (Lipinski definition) is 5. The van der Waals surface area contributed by atoms with E-state index in [-0.39, 0.29) is 11.2 Å². The van der Waals surface area contributed by atoms with E-state index in [0.717, 1.165) is 17.0 Å². The minimum absolute atomic E-state index is 0.00548. The Morgan fingerprint density at radius 1 is 1.17 bits per heavy atom. The van der Waals surface area contributed by atoms with E-state index in [9.17, 15) is 4.79 Å². The molecule has 0 saturated carbocycles. The van der Waals surface area contributed by atoms with E-state index in [1.54, 1.807) is 23.5 Å². The smallest absolute Gasteiger partial charge is 0.253 e. The van der Waals surface area contributed by atoms with E-state index in [4.69, 9.17) is 0 Å². The van der Waals surface area contributed by atoms with Gasteiger partial charge in [-0.15, -0.1) is 5.10 Å². The average Bonchev–Trinajstić information content (AvgIpc) is 2.95. The lowest BCUT2D eigenvalue weighted by molar-refractivity contribution is -0.128. The van der Waals surface area contributed by atoms with E-state index >= 15 is 0 Å². The molecule has 0 aliphatic carbocycles. The minimum atomic E-state index is -0.389. The number of carbonyl (C=O) groups is 1. The number of aryl methyl sites for hydroxylation is 2. The highest BCUT2D eigenvalue weighted by Gasteiger charge is 2.25. The maximum Gasteiger partial charge on any atom is 0.253 e. The summed E-state index contributed by atoms with van der Waals surface area (Å²) >= 11 is 1.34. The summed E-state index contributed by atoms with van der Waals surface area (Å²) in [5.41, 5.74) is 2.79. The first-order valence-electron chi connectivity index (χ1n) is 7.59. The third-order valence-electron chi connectivity index (χ3n) is 3.59. The first-order chi connectivity index (χ1) is 11.5. The quantitative estimate of drug-likeness (QED) is 0.683. The number of likely N-dealkylation sites (N-methyl/N-ethyl adjacent to an activating group) is 1. The van der Waals surface area contributed by atoms with Gasteiger partial charge in [0.25, 0.3) is 5.78 Å². The lowest BCUT2D eigenvalue weighted by Gasteiger charge is -2.19. The lowest BCUT2D eigenvalue weighted by atomic mass is 10.1. The number of nitrogens with zero attached hydrogens (tertiary/aromatic N) is 5. The van der Waals surface area contributed by atoms with Gasteiger partial charge in [0.1, 0.15) is 5.25 Å². The van der Waals surface area contributed by atoms with E-state index in [2.05, 4.69) is 15.1 Å². The molecule has 0 aliphatic heterocycles. The fraction of sp³-hybridized carbons (Fsp3) is 0.294. The van der Waals surface area contributed by atoms with E-state index < -0.39 is 0 Å². The van der Waals surface area contributed by atoms with Crippen LogP contribution < -0.4 is 0 Å². The molecule has 124 valence electrons. The van der Waals surface area contributed by atoms with Crippen LogP contribution in [-0.2, 0) is 4.79 Å². The topological polar surface area (TPSA) is 63.4 Å². The van der Waals surface area contributed by atoms with Crippen LogP contribution in [0.2, 0.25) is 0 Å². The van der Waals surface area contributed by atoms with E-state index in [0.29, 0.717) is 10.9 Å². The van der Waals surface area contributed by atoms with Crippen LogP contribution in [0.1, 0.15) is 22.2 Å². The van der Waals surface area contributed by atoms with Crippen molar-refractivity contribution in [3.8, 4) is 0 Å². The molecule has 0 N–H and O–H groups in total. The second-order valence-electron chi connectivity index (χ2n) is 5.79. The van der Waals surface area contributed by atoms with E-state index in [1.165, 1.54) is 11.8 Å². The molecule has 2 heterocycles. The van der Waals surface area contributed by atoms with Crippen LogP contribution >= 0.6 is 11.8 Å². The largest absolute Gasteiger partial charge is 0.348 e. The number of amides is 1. The average molecular weight is 341 g/mol. The predicted octanol–water partition coefficient (Wildman–Crippen LogP) is 2.66. The normalized spacial score (nSPS) is 12.3. The van der Waals surface area contributed by atoms with Gasteiger partial charge in [0, 0.05) is 25.5 Å². The van der Waals surface area contributed by atoms with Gasteiger partial charge in [0.15, 0.2) is 0 Å². The summed E-state index contributed by atoms with van der Waals surface area (Å²) in [7, 11) is 3.51. The van der Waals surface area contributed by atoms with E-state index in [1.807, 2.05) is 50.2 Å². The third-order valence-corrected chi connectivity index (χ3v) is 4.68. The number of benzene rings is 1. The van der Waals surface area contributed by atoms with Gasteiger partial charge in [0.05, 0.1) is 0 Å². The summed E-state index contributed by atoms with van der Waals surface area (Å²) in [6, 6.07) is 11.6. The molecule has 24 heavy (non-hydrogen) atoms. The number of carbonyl (C=O) groups excluding carboxylic acids is 1. The molecule has 3 aromatic rings. The van der Waals surface area contributed by atoms with Gasteiger partial charge in [-0.3, -0.25) is 4.79 Å². The van der Waals surface area contributed by atoms with Gasteiger partial charge in [0.2, 0.25) is 11.1 Å². The molecular weight excluding hydrogens is 322 g/mol. The molecule has 7 heteroatoms. The van der Waals surface area contributed by atoms with Crippen molar-refractivity contribution in [3.05, 3.63) is 53.3 Å². The number of hydrogen-bond donors (Lipinski definition) is 0. The van der Waals surface area contributed by atoms with Crippen LogP contribution in [0, 0.1) is 13.8 Å². The van der Waals surface area contributed by atoms with Crippen molar-refractivity contribution in [2.75, 3.05) is 14.1 Å². The Morgan fingerprint density at radius 3 is 2.54 bits per heavy atom. The van der Waals surface area contributed by atoms with Gasteiger partial charge < -0.3 is 4.90 Å². The van der Waals surface area contributed by atoms with Crippen LogP contribution in [0.3, 0.4) is 0 Å². The summed E-state index contributed by atoms with van der Waals surface area (Å²) in [6.45, 7) is 3.89. The molecule has 0 unspecified atom stereocenters. The highest BCUT2D eigenvalue weighted by atomic mass is 32.2. The molecule has 0 bridgehead atoms. The minimum Gasteiger partial charge on any atom is -0.348 e. The Hall–Kier alpha value is -2.41. The Labute approximate surface area is 144 Å². The molecule has 1 amide bonds. The van der Waals surface area contributed by atoms with Crippen molar-refractivity contribution in [1.82, 2.24) is 24.5 Å². The van der Waals surface area contributed by atoms with Crippen LogP contribution in [-0.4, -0.2) is 44.5 Å². The fourth-order valence-corrected chi connectivity index (χ4v) is 3.51. The molecular formula is C17H19N5OS. The summed E-state index contributed by atoms with van der Waals surface area (Å²) in [6.07, 6.45) is 0.